The molecule has 0 aliphatic heterocycles. The van der Waals surface area contributed by atoms with Crippen LogP contribution in [0.2, 0.25) is 0 Å². The molecule has 3 rings (SSSR count). The highest BCUT2D eigenvalue weighted by Gasteiger charge is 2.20. The van der Waals surface area contributed by atoms with Crippen LogP contribution in [-0.2, 0) is 11.8 Å². The zero-order valence-corrected chi connectivity index (χ0v) is 15.4. The first-order chi connectivity index (χ1) is 11.9. The van der Waals surface area contributed by atoms with Crippen molar-refractivity contribution in [2.75, 3.05) is 5.32 Å². The SMILES string of the molecule is Cc1nnc(NC(=O)[C@@H](C)Sc2nnc(-c3ccc(F)cc3)n2C)s1. The smallest absolute Gasteiger partial charge is 0.239 e. The van der Waals surface area contributed by atoms with Gasteiger partial charge in [0.1, 0.15) is 10.8 Å². The number of nitrogens with one attached hydrogen (secondary N) is 1. The van der Waals surface area contributed by atoms with Crippen LogP contribution < -0.4 is 5.32 Å². The lowest BCUT2D eigenvalue weighted by atomic mass is 10.2. The third kappa shape index (κ3) is 4.02. The van der Waals surface area contributed by atoms with Crippen molar-refractivity contribution in [1.82, 2.24) is 25.0 Å². The Balaban J connectivity index is 1.70. The van der Waals surface area contributed by atoms with E-state index in [1.54, 1.807) is 30.7 Å². The monoisotopic (exact) mass is 378 g/mol. The number of aromatic nitrogens is 5. The summed E-state index contributed by atoms with van der Waals surface area (Å²) in [4.78, 5) is 12.3. The van der Waals surface area contributed by atoms with E-state index in [1.165, 1.54) is 35.2 Å². The minimum atomic E-state index is -0.395. The van der Waals surface area contributed by atoms with Crippen molar-refractivity contribution in [1.29, 1.82) is 0 Å². The minimum absolute atomic E-state index is 0.188. The number of rotatable bonds is 5. The number of carbonyl (C=O) groups excluding carboxylic acids is 1. The molecule has 0 aliphatic rings. The highest BCUT2D eigenvalue weighted by molar-refractivity contribution is 8.00. The highest BCUT2D eigenvalue weighted by Crippen LogP contribution is 2.26. The molecule has 1 aromatic carbocycles. The Hall–Kier alpha value is -2.33. The third-order valence-corrected chi connectivity index (χ3v) is 5.23. The minimum Gasteiger partial charge on any atom is -0.305 e. The molecule has 0 saturated carbocycles. The molecule has 0 bridgehead atoms. The maximum absolute atomic E-state index is 13.0. The van der Waals surface area contributed by atoms with Crippen LogP contribution >= 0.6 is 23.1 Å². The number of halogens is 1. The van der Waals surface area contributed by atoms with E-state index < -0.39 is 5.25 Å². The lowest BCUT2D eigenvalue weighted by Crippen LogP contribution is -2.22. The third-order valence-electron chi connectivity index (χ3n) is 3.34. The zero-order chi connectivity index (χ0) is 18.0. The molecule has 2 aromatic heterocycles. The topological polar surface area (TPSA) is 85.6 Å². The standard InChI is InChI=1S/C15H15FN6OS2/c1-8(13(23)17-14-20-18-9(2)25-14)24-15-21-19-12(22(15)3)10-4-6-11(16)7-5-10/h4-8H,1-3H3,(H,17,20,23)/t8-/m1/s1. The van der Waals surface area contributed by atoms with Gasteiger partial charge in [-0.15, -0.1) is 20.4 Å². The second-order valence-electron chi connectivity index (χ2n) is 5.25. The predicted octanol–water partition coefficient (Wildman–Crippen LogP) is 2.90. The quantitative estimate of drug-likeness (QED) is 0.687. The number of thioether (sulfide) groups is 1. The predicted molar refractivity (Wildman–Crippen MR) is 95.0 cm³/mol. The molecule has 25 heavy (non-hydrogen) atoms. The maximum Gasteiger partial charge on any atom is 0.239 e. The fourth-order valence-electron chi connectivity index (χ4n) is 2.03. The number of nitrogens with zero attached hydrogens (tertiary/aromatic N) is 5. The number of hydrogen-bond acceptors (Lipinski definition) is 7. The normalized spacial score (nSPS) is 12.2. The lowest BCUT2D eigenvalue weighted by Gasteiger charge is -2.10. The Morgan fingerprint density at radius 3 is 2.60 bits per heavy atom. The van der Waals surface area contributed by atoms with E-state index in [2.05, 4.69) is 25.7 Å². The van der Waals surface area contributed by atoms with Gasteiger partial charge in [0.15, 0.2) is 11.0 Å². The van der Waals surface area contributed by atoms with Gasteiger partial charge in [-0.3, -0.25) is 10.1 Å². The molecule has 0 aliphatic carbocycles. The molecule has 0 spiro atoms. The molecule has 0 saturated heterocycles. The van der Waals surface area contributed by atoms with Crippen molar-refractivity contribution in [3.63, 3.8) is 0 Å². The van der Waals surface area contributed by atoms with Crippen LogP contribution in [0.3, 0.4) is 0 Å². The van der Waals surface area contributed by atoms with E-state index in [0.29, 0.717) is 16.1 Å². The van der Waals surface area contributed by atoms with Gasteiger partial charge in [-0.2, -0.15) is 0 Å². The largest absolute Gasteiger partial charge is 0.305 e. The fourth-order valence-corrected chi connectivity index (χ4v) is 3.44. The van der Waals surface area contributed by atoms with Gasteiger partial charge in [0, 0.05) is 12.6 Å². The van der Waals surface area contributed by atoms with E-state index >= 15 is 0 Å². The molecule has 0 unspecified atom stereocenters. The van der Waals surface area contributed by atoms with Crippen LogP contribution in [0.25, 0.3) is 11.4 Å². The summed E-state index contributed by atoms with van der Waals surface area (Å²) in [6.45, 7) is 3.60. The van der Waals surface area contributed by atoms with Crippen molar-refractivity contribution in [3.05, 3.63) is 35.1 Å². The zero-order valence-electron chi connectivity index (χ0n) is 13.7. The Morgan fingerprint density at radius 1 is 1.24 bits per heavy atom. The lowest BCUT2D eigenvalue weighted by molar-refractivity contribution is -0.115. The number of benzene rings is 1. The molecule has 130 valence electrons. The number of anilines is 1. The summed E-state index contributed by atoms with van der Waals surface area (Å²) in [5, 5.41) is 20.2. The van der Waals surface area contributed by atoms with E-state index in [9.17, 15) is 9.18 Å². The average molecular weight is 378 g/mol. The van der Waals surface area contributed by atoms with Crippen LogP contribution in [-0.4, -0.2) is 36.1 Å². The summed E-state index contributed by atoms with van der Waals surface area (Å²) in [6.07, 6.45) is 0. The molecule has 10 heteroatoms. The maximum atomic E-state index is 13.0. The van der Waals surface area contributed by atoms with Crippen LogP contribution in [0.15, 0.2) is 29.4 Å². The van der Waals surface area contributed by atoms with Gasteiger partial charge < -0.3 is 4.57 Å². The molecule has 2 heterocycles. The van der Waals surface area contributed by atoms with E-state index in [0.717, 1.165) is 10.6 Å². The van der Waals surface area contributed by atoms with Gasteiger partial charge in [-0.25, -0.2) is 4.39 Å². The number of aryl methyl sites for hydroxylation is 1. The van der Waals surface area contributed by atoms with Gasteiger partial charge in [-0.05, 0) is 38.1 Å². The van der Waals surface area contributed by atoms with E-state index in [4.69, 9.17) is 0 Å². The highest BCUT2D eigenvalue weighted by atomic mass is 32.2. The Morgan fingerprint density at radius 2 is 1.96 bits per heavy atom. The molecule has 1 atom stereocenters. The summed E-state index contributed by atoms with van der Waals surface area (Å²) in [5.41, 5.74) is 0.754. The Labute approximate surface area is 151 Å². The summed E-state index contributed by atoms with van der Waals surface area (Å²) in [7, 11) is 1.81. The molecule has 0 fully saturated rings. The first-order valence-corrected chi connectivity index (χ1v) is 9.06. The molecule has 1 amide bonds. The summed E-state index contributed by atoms with van der Waals surface area (Å²) < 4.78 is 14.8. The van der Waals surface area contributed by atoms with E-state index in [-0.39, 0.29) is 11.7 Å². The molecule has 7 nitrogen and oxygen atoms in total. The van der Waals surface area contributed by atoms with Gasteiger partial charge in [0.05, 0.1) is 5.25 Å². The first-order valence-electron chi connectivity index (χ1n) is 7.37. The summed E-state index contributed by atoms with van der Waals surface area (Å²) in [6, 6.07) is 6.03. The van der Waals surface area contributed by atoms with Crippen molar-refractivity contribution in [3.8, 4) is 11.4 Å². The average Bonchev–Trinajstić information content (AvgIpc) is 3.15. The van der Waals surface area contributed by atoms with E-state index in [1.807, 2.05) is 6.92 Å². The molecular weight excluding hydrogens is 363 g/mol. The Kier molecular flexibility index (Phi) is 5.09. The second kappa shape index (κ2) is 7.28. The number of amides is 1. The number of carbonyl (C=O) groups is 1. The van der Waals surface area contributed by atoms with Gasteiger partial charge in [-0.1, -0.05) is 23.1 Å². The number of hydrogen-bond donors (Lipinski definition) is 1. The molecule has 0 radical (unpaired) electrons. The van der Waals surface area contributed by atoms with Crippen LogP contribution in [0.1, 0.15) is 11.9 Å². The summed E-state index contributed by atoms with van der Waals surface area (Å²) in [5.74, 6) is 0.111. The molecule has 3 aromatic rings. The van der Waals surface area contributed by atoms with Gasteiger partial charge >= 0.3 is 0 Å². The van der Waals surface area contributed by atoms with Gasteiger partial charge in [0.25, 0.3) is 0 Å². The Bertz CT molecular complexity index is 892. The molecular formula is C15H15FN6OS2. The molecule has 1 N–H and O–H groups in total. The van der Waals surface area contributed by atoms with Crippen LogP contribution in [0.5, 0.6) is 0 Å². The van der Waals surface area contributed by atoms with Crippen molar-refractivity contribution in [2.24, 2.45) is 7.05 Å². The van der Waals surface area contributed by atoms with Gasteiger partial charge in [0.2, 0.25) is 11.0 Å². The van der Waals surface area contributed by atoms with Crippen molar-refractivity contribution < 1.29 is 9.18 Å². The fraction of sp³-hybridized carbons (Fsp3) is 0.267. The van der Waals surface area contributed by atoms with Crippen LogP contribution in [0, 0.1) is 12.7 Å². The summed E-state index contributed by atoms with van der Waals surface area (Å²) >= 11 is 2.60. The van der Waals surface area contributed by atoms with Crippen molar-refractivity contribution >= 4 is 34.1 Å². The van der Waals surface area contributed by atoms with Crippen molar-refractivity contribution in [2.45, 2.75) is 24.3 Å². The second-order valence-corrected chi connectivity index (χ2v) is 7.74. The first kappa shape index (κ1) is 17.5. The van der Waals surface area contributed by atoms with Crippen LogP contribution in [0.4, 0.5) is 9.52 Å².